The number of pyridine rings is 1. The van der Waals surface area contributed by atoms with E-state index in [1.165, 1.54) is 12.1 Å². The molecule has 0 saturated carbocycles. The van der Waals surface area contributed by atoms with Crippen molar-refractivity contribution in [2.24, 2.45) is 0 Å². The summed E-state index contributed by atoms with van der Waals surface area (Å²) in [5.41, 5.74) is 1.89. The number of ether oxygens (including phenoxy) is 1. The predicted molar refractivity (Wildman–Crippen MR) is 102 cm³/mol. The predicted octanol–water partition coefficient (Wildman–Crippen LogP) is 3.50. The molecule has 3 rings (SSSR count). The first kappa shape index (κ1) is 17.8. The molecule has 0 aliphatic carbocycles. The molecule has 0 fully saturated rings. The Bertz CT molecular complexity index is 942. The zero-order valence-corrected chi connectivity index (χ0v) is 15.0. The molecule has 0 radical (unpaired) electrons. The van der Waals surface area contributed by atoms with Gasteiger partial charge in [0.1, 0.15) is 11.6 Å². The Kier molecular flexibility index (Phi) is 5.38. The molecule has 0 unspecified atom stereocenters. The lowest BCUT2D eigenvalue weighted by Gasteiger charge is -2.09. The van der Waals surface area contributed by atoms with Crippen LogP contribution in [0.25, 0.3) is 0 Å². The van der Waals surface area contributed by atoms with Gasteiger partial charge in [-0.1, -0.05) is 30.3 Å². The van der Waals surface area contributed by atoms with Gasteiger partial charge in [0, 0.05) is 6.54 Å². The van der Waals surface area contributed by atoms with Gasteiger partial charge in [0.05, 0.1) is 23.9 Å². The lowest BCUT2D eigenvalue weighted by Crippen LogP contribution is -2.13. The number of sulfonamides is 1. The van der Waals surface area contributed by atoms with Crippen LogP contribution in [0.2, 0.25) is 0 Å². The Labute approximate surface area is 152 Å². The zero-order valence-electron chi connectivity index (χ0n) is 14.2. The van der Waals surface area contributed by atoms with Crippen molar-refractivity contribution in [2.75, 3.05) is 17.1 Å². The quantitative estimate of drug-likeness (QED) is 0.666. The SMILES string of the molecule is COc1ccc(CNc2ccc(NS(=O)(=O)c3ccccc3)nc2)cc1. The highest BCUT2D eigenvalue weighted by atomic mass is 32.2. The molecule has 2 N–H and O–H groups in total. The van der Waals surface area contributed by atoms with Crippen LogP contribution in [0.4, 0.5) is 11.5 Å². The van der Waals surface area contributed by atoms with Gasteiger partial charge in [-0.25, -0.2) is 13.4 Å². The summed E-state index contributed by atoms with van der Waals surface area (Å²) >= 11 is 0. The minimum Gasteiger partial charge on any atom is -0.497 e. The van der Waals surface area contributed by atoms with Crippen LogP contribution in [0.3, 0.4) is 0 Å². The van der Waals surface area contributed by atoms with Crippen molar-refractivity contribution in [3.05, 3.63) is 78.5 Å². The Morgan fingerprint density at radius 2 is 1.69 bits per heavy atom. The Hall–Kier alpha value is -3.06. The van der Waals surface area contributed by atoms with E-state index in [2.05, 4.69) is 15.0 Å². The van der Waals surface area contributed by atoms with E-state index in [4.69, 9.17) is 4.74 Å². The summed E-state index contributed by atoms with van der Waals surface area (Å²) in [7, 11) is -2.00. The number of benzene rings is 2. The molecule has 7 heteroatoms. The smallest absolute Gasteiger partial charge is 0.263 e. The fourth-order valence-electron chi connectivity index (χ4n) is 2.30. The number of aromatic nitrogens is 1. The van der Waals surface area contributed by atoms with Gasteiger partial charge in [-0.3, -0.25) is 4.72 Å². The van der Waals surface area contributed by atoms with Gasteiger partial charge in [0.2, 0.25) is 0 Å². The van der Waals surface area contributed by atoms with Crippen LogP contribution >= 0.6 is 0 Å². The number of anilines is 2. The third kappa shape index (κ3) is 4.52. The molecule has 0 bridgehead atoms. The monoisotopic (exact) mass is 369 g/mol. The van der Waals surface area contributed by atoms with Crippen LogP contribution in [0, 0.1) is 0 Å². The Morgan fingerprint density at radius 1 is 0.962 bits per heavy atom. The normalized spacial score (nSPS) is 11.0. The third-order valence-corrected chi connectivity index (χ3v) is 5.08. The fraction of sp³-hybridized carbons (Fsp3) is 0.105. The number of methoxy groups -OCH3 is 1. The van der Waals surface area contributed by atoms with Crippen molar-refractivity contribution in [1.82, 2.24) is 4.98 Å². The van der Waals surface area contributed by atoms with Crippen LogP contribution < -0.4 is 14.8 Å². The average molecular weight is 369 g/mol. The molecule has 2 aromatic carbocycles. The minimum atomic E-state index is -3.63. The van der Waals surface area contributed by atoms with E-state index >= 15 is 0 Å². The van der Waals surface area contributed by atoms with Crippen LogP contribution in [0.1, 0.15) is 5.56 Å². The van der Waals surface area contributed by atoms with E-state index in [-0.39, 0.29) is 10.7 Å². The second-order valence-electron chi connectivity index (χ2n) is 5.55. The summed E-state index contributed by atoms with van der Waals surface area (Å²) in [5.74, 6) is 1.08. The highest BCUT2D eigenvalue weighted by Crippen LogP contribution is 2.17. The molecule has 3 aromatic rings. The standard InChI is InChI=1S/C19H19N3O3S/c1-25-17-10-7-15(8-11-17)13-20-16-9-12-19(21-14-16)22-26(23,24)18-5-3-2-4-6-18/h2-12,14,20H,13H2,1H3,(H,21,22). The van der Waals surface area contributed by atoms with Crippen molar-refractivity contribution < 1.29 is 13.2 Å². The second-order valence-corrected chi connectivity index (χ2v) is 7.23. The molecule has 0 saturated heterocycles. The maximum absolute atomic E-state index is 12.3. The summed E-state index contributed by atoms with van der Waals surface area (Å²) in [6, 6.07) is 19.3. The van der Waals surface area contributed by atoms with E-state index < -0.39 is 10.0 Å². The molecule has 134 valence electrons. The lowest BCUT2D eigenvalue weighted by atomic mass is 10.2. The van der Waals surface area contributed by atoms with Crippen molar-refractivity contribution in [1.29, 1.82) is 0 Å². The molecule has 26 heavy (non-hydrogen) atoms. The molecule has 1 aromatic heterocycles. The number of hydrogen-bond acceptors (Lipinski definition) is 5. The first-order valence-electron chi connectivity index (χ1n) is 7.97. The van der Waals surface area contributed by atoms with Crippen molar-refractivity contribution in [3.8, 4) is 5.75 Å². The van der Waals surface area contributed by atoms with Gasteiger partial charge in [-0.2, -0.15) is 0 Å². The van der Waals surface area contributed by atoms with Gasteiger partial charge in [-0.05, 0) is 42.0 Å². The molecule has 0 aliphatic rings. The first-order chi connectivity index (χ1) is 12.6. The molecule has 6 nitrogen and oxygen atoms in total. The highest BCUT2D eigenvalue weighted by molar-refractivity contribution is 7.92. The number of hydrogen-bond donors (Lipinski definition) is 2. The lowest BCUT2D eigenvalue weighted by molar-refractivity contribution is 0.414. The summed E-state index contributed by atoms with van der Waals surface area (Å²) in [4.78, 5) is 4.35. The van der Waals surface area contributed by atoms with Crippen molar-refractivity contribution in [2.45, 2.75) is 11.4 Å². The molecule has 0 atom stereocenters. The summed E-state index contributed by atoms with van der Waals surface area (Å²) < 4.78 is 32.1. The molecular formula is C19H19N3O3S. The molecule has 1 heterocycles. The van der Waals surface area contributed by atoms with Gasteiger partial charge in [0.15, 0.2) is 0 Å². The molecular weight excluding hydrogens is 350 g/mol. The average Bonchev–Trinajstić information content (AvgIpc) is 2.68. The van der Waals surface area contributed by atoms with Crippen LogP contribution in [0.15, 0.2) is 77.8 Å². The van der Waals surface area contributed by atoms with E-state index in [1.807, 2.05) is 24.3 Å². The summed E-state index contributed by atoms with van der Waals surface area (Å²) in [5, 5.41) is 3.24. The van der Waals surface area contributed by atoms with E-state index in [0.717, 1.165) is 17.0 Å². The van der Waals surface area contributed by atoms with Crippen molar-refractivity contribution in [3.63, 3.8) is 0 Å². The first-order valence-corrected chi connectivity index (χ1v) is 9.46. The van der Waals surface area contributed by atoms with Crippen molar-refractivity contribution >= 4 is 21.5 Å². The Balaban J connectivity index is 1.61. The van der Waals surface area contributed by atoms with E-state index in [0.29, 0.717) is 6.54 Å². The van der Waals surface area contributed by atoms with E-state index in [9.17, 15) is 8.42 Å². The number of nitrogens with one attached hydrogen (secondary N) is 2. The zero-order chi connectivity index (χ0) is 18.4. The second kappa shape index (κ2) is 7.88. The summed E-state index contributed by atoms with van der Waals surface area (Å²) in [6.07, 6.45) is 1.59. The Morgan fingerprint density at radius 3 is 2.31 bits per heavy atom. The van der Waals surface area contributed by atoms with E-state index in [1.54, 1.807) is 43.6 Å². The number of nitrogens with zero attached hydrogens (tertiary/aromatic N) is 1. The van der Waals surface area contributed by atoms with Gasteiger partial charge in [-0.15, -0.1) is 0 Å². The summed E-state index contributed by atoms with van der Waals surface area (Å²) in [6.45, 7) is 0.626. The third-order valence-electron chi connectivity index (χ3n) is 3.71. The molecule has 0 spiro atoms. The van der Waals surface area contributed by atoms with Gasteiger partial charge < -0.3 is 10.1 Å². The molecule has 0 amide bonds. The maximum atomic E-state index is 12.3. The van der Waals surface area contributed by atoms with Crippen LogP contribution in [0.5, 0.6) is 5.75 Å². The number of rotatable bonds is 7. The highest BCUT2D eigenvalue weighted by Gasteiger charge is 2.13. The van der Waals surface area contributed by atoms with Gasteiger partial charge >= 0.3 is 0 Å². The largest absolute Gasteiger partial charge is 0.497 e. The topological polar surface area (TPSA) is 80.3 Å². The minimum absolute atomic E-state index is 0.198. The van der Waals surface area contributed by atoms with Crippen LogP contribution in [-0.4, -0.2) is 20.5 Å². The fourth-order valence-corrected chi connectivity index (χ4v) is 3.33. The maximum Gasteiger partial charge on any atom is 0.263 e. The van der Waals surface area contributed by atoms with Gasteiger partial charge in [0.25, 0.3) is 10.0 Å². The van der Waals surface area contributed by atoms with Crippen LogP contribution in [-0.2, 0) is 16.6 Å². The molecule has 0 aliphatic heterocycles.